The summed E-state index contributed by atoms with van der Waals surface area (Å²) in [6.07, 6.45) is 3.93. The number of nitrogens with zero attached hydrogens (tertiary/aromatic N) is 1. The normalized spacial score (nSPS) is 16.9. The van der Waals surface area contributed by atoms with Gasteiger partial charge in [-0.05, 0) is 32.0 Å². The lowest BCUT2D eigenvalue weighted by Gasteiger charge is -2.11. The number of amides is 1. The van der Waals surface area contributed by atoms with E-state index in [2.05, 4.69) is 10.3 Å². The minimum atomic E-state index is -0.313. The summed E-state index contributed by atoms with van der Waals surface area (Å²) in [4.78, 5) is 13.5. The number of likely N-dealkylation sites (tertiary alicyclic amines) is 1. The Hall–Kier alpha value is -1.33. The molecule has 3 N–H and O–H groups in total. The van der Waals surface area contributed by atoms with Crippen LogP contribution in [0.5, 0.6) is 0 Å². The second-order valence-electron chi connectivity index (χ2n) is 3.76. The average Bonchev–Trinajstić information content (AvgIpc) is 2.88. The molecule has 82 valence electrons. The van der Waals surface area contributed by atoms with Crippen LogP contribution in [0.15, 0.2) is 16.7 Å². The number of nitrogen functional groups attached to an aromatic ring is 1. The predicted octanol–water partition coefficient (Wildman–Crippen LogP) is 0.479. The quantitative estimate of drug-likeness (QED) is 0.431. The molecule has 0 saturated carbocycles. The number of hydrogen-bond donors (Lipinski definition) is 2. The van der Waals surface area contributed by atoms with E-state index in [9.17, 15) is 4.79 Å². The molecule has 0 aromatic carbocycles. The Morgan fingerprint density at radius 3 is 2.93 bits per heavy atom. The Bertz CT molecular complexity index is 342. The minimum Gasteiger partial charge on any atom is -0.467 e. The van der Waals surface area contributed by atoms with Crippen molar-refractivity contribution in [3.63, 3.8) is 0 Å². The molecule has 1 fully saturated rings. The van der Waals surface area contributed by atoms with Crippen molar-refractivity contribution in [2.75, 3.05) is 13.1 Å². The summed E-state index contributed by atoms with van der Waals surface area (Å²) in [6.45, 7) is 3.00. The van der Waals surface area contributed by atoms with E-state index in [0.29, 0.717) is 5.56 Å². The third-order valence-electron chi connectivity index (χ3n) is 2.63. The third kappa shape index (κ3) is 2.37. The molecule has 0 radical (unpaired) electrons. The van der Waals surface area contributed by atoms with Crippen molar-refractivity contribution in [2.45, 2.75) is 19.4 Å². The minimum absolute atomic E-state index is 0.313. The molecule has 0 atom stereocenters. The van der Waals surface area contributed by atoms with Gasteiger partial charge in [0.1, 0.15) is 12.0 Å². The van der Waals surface area contributed by atoms with Gasteiger partial charge in [0.2, 0.25) is 0 Å². The van der Waals surface area contributed by atoms with Crippen LogP contribution in [0.1, 0.15) is 29.0 Å². The first kappa shape index (κ1) is 10.2. The van der Waals surface area contributed by atoms with E-state index in [-0.39, 0.29) is 5.91 Å². The van der Waals surface area contributed by atoms with Crippen molar-refractivity contribution < 1.29 is 9.21 Å². The molecule has 0 bridgehead atoms. The topological polar surface area (TPSA) is 71.5 Å². The molecule has 2 rings (SSSR count). The first-order valence-electron chi connectivity index (χ1n) is 5.10. The fourth-order valence-electron chi connectivity index (χ4n) is 1.83. The summed E-state index contributed by atoms with van der Waals surface area (Å²) in [5.41, 5.74) is 2.55. The van der Waals surface area contributed by atoms with Crippen LogP contribution in [-0.4, -0.2) is 23.9 Å². The molecule has 5 heteroatoms. The average molecular weight is 209 g/mol. The largest absolute Gasteiger partial charge is 0.467 e. The molecule has 0 aliphatic carbocycles. The molecule has 1 aromatic heterocycles. The number of carbonyl (C=O) groups is 1. The Labute approximate surface area is 88.2 Å². The first-order valence-corrected chi connectivity index (χ1v) is 5.10. The predicted molar refractivity (Wildman–Crippen MR) is 54.9 cm³/mol. The van der Waals surface area contributed by atoms with Gasteiger partial charge in [-0.25, -0.2) is 5.84 Å². The number of furan rings is 1. The lowest BCUT2D eigenvalue weighted by molar-refractivity contribution is 0.0953. The van der Waals surface area contributed by atoms with Crippen LogP contribution in [0.4, 0.5) is 0 Å². The Balaban J connectivity index is 1.97. The number of nitrogens with two attached hydrogens (primary N) is 1. The van der Waals surface area contributed by atoms with Gasteiger partial charge in [0.15, 0.2) is 0 Å². The van der Waals surface area contributed by atoms with E-state index < -0.39 is 0 Å². The van der Waals surface area contributed by atoms with Crippen LogP contribution in [0.3, 0.4) is 0 Å². The zero-order valence-corrected chi connectivity index (χ0v) is 8.53. The summed E-state index contributed by atoms with van der Waals surface area (Å²) in [7, 11) is 0. The number of carbonyl (C=O) groups excluding carboxylic acids is 1. The monoisotopic (exact) mass is 209 g/mol. The molecule has 5 nitrogen and oxygen atoms in total. The van der Waals surface area contributed by atoms with Gasteiger partial charge in [-0.15, -0.1) is 0 Å². The van der Waals surface area contributed by atoms with Gasteiger partial charge < -0.3 is 4.42 Å². The molecule has 1 aliphatic heterocycles. The molecule has 1 aromatic rings. The van der Waals surface area contributed by atoms with Crippen molar-refractivity contribution >= 4 is 5.91 Å². The fraction of sp³-hybridized carbons (Fsp3) is 0.500. The summed E-state index contributed by atoms with van der Waals surface area (Å²) >= 11 is 0. The lowest BCUT2D eigenvalue weighted by Crippen LogP contribution is -2.29. The maximum Gasteiger partial charge on any atom is 0.268 e. The van der Waals surface area contributed by atoms with Gasteiger partial charge in [0.05, 0.1) is 12.1 Å². The summed E-state index contributed by atoms with van der Waals surface area (Å²) < 4.78 is 5.29. The van der Waals surface area contributed by atoms with Crippen LogP contribution in [-0.2, 0) is 6.54 Å². The Morgan fingerprint density at radius 1 is 1.53 bits per heavy atom. The standard InChI is InChI=1S/C10H15N3O2/c11-12-10(14)8-5-9(15-7-8)6-13-3-1-2-4-13/h5,7H,1-4,6,11H2,(H,12,14). The van der Waals surface area contributed by atoms with Gasteiger partial charge in [0.25, 0.3) is 5.91 Å². The Morgan fingerprint density at radius 2 is 2.27 bits per heavy atom. The second kappa shape index (κ2) is 4.46. The highest BCUT2D eigenvalue weighted by atomic mass is 16.3. The molecule has 1 amide bonds. The van der Waals surface area contributed by atoms with Crippen LogP contribution in [0.2, 0.25) is 0 Å². The maximum absolute atomic E-state index is 11.2. The third-order valence-corrected chi connectivity index (χ3v) is 2.63. The molecular formula is C10H15N3O2. The van der Waals surface area contributed by atoms with Crippen molar-refractivity contribution in [2.24, 2.45) is 5.84 Å². The van der Waals surface area contributed by atoms with Gasteiger partial charge in [-0.1, -0.05) is 0 Å². The van der Waals surface area contributed by atoms with Gasteiger partial charge in [0, 0.05) is 0 Å². The highest BCUT2D eigenvalue weighted by Crippen LogP contribution is 2.14. The van der Waals surface area contributed by atoms with E-state index in [4.69, 9.17) is 10.3 Å². The zero-order chi connectivity index (χ0) is 10.7. The van der Waals surface area contributed by atoms with Crippen LogP contribution in [0, 0.1) is 0 Å². The molecule has 0 unspecified atom stereocenters. The molecule has 0 spiro atoms. The van der Waals surface area contributed by atoms with Crippen LogP contribution < -0.4 is 11.3 Å². The molecule has 15 heavy (non-hydrogen) atoms. The Kier molecular flexibility index (Phi) is 3.03. The number of hydrogen-bond acceptors (Lipinski definition) is 4. The van der Waals surface area contributed by atoms with E-state index >= 15 is 0 Å². The van der Waals surface area contributed by atoms with Crippen molar-refractivity contribution in [1.29, 1.82) is 0 Å². The zero-order valence-electron chi connectivity index (χ0n) is 8.53. The van der Waals surface area contributed by atoms with Gasteiger partial charge in [-0.3, -0.25) is 15.1 Å². The fourth-order valence-corrected chi connectivity index (χ4v) is 1.83. The van der Waals surface area contributed by atoms with Crippen molar-refractivity contribution in [3.05, 3.63) is 23.7 Å². The molecular weight excluding hydrogens is 194 g/mol. The van der Waals surface area contributed by atoms with Gasteiger partial charge >= 0.3 is 0 Å². The van der Waals surface area contributed by atoms with E-state index in [1.54, 1.807) is 6.07 Å². The SMILES string of the molecule is NNC(=O)c1coc(CN2CCCC2)c1. The van der Waals surface area contributed by atoms with E-state index in [1.807, 2.05) is 0 Å². The summed E-state index contributed by atoms with van der Waals surface area (Å²) in [5.74, 6) is 5.53. The molecule has 2 heterocycles. The number of hydrazine groups is 1. The van der Waals surface area contributed by atoms with Crippen LogP contribution >= 0.6 is 0 Å². The van der Waals surface area contributed by atoms with E-state index in [1.165, 1.54) is 19.1 Å². The highest BCUT2D eigenvalue weighted by Gasteiger charge is 2.15. The van der Waals surface area contributed by atoms with Gasteiger partial charge in [-0.2, -0.15) is 0 Å². The summed E-state index contributed by atoms with van der Waals surface area (Å²) in [5, 5.41) is 0. The lowest BCUT2D eigenvalue weighted by atomic mass is 10.3. The van der Waals surface area contributed by atoms with Crippen molar-refractivity contribution in [1.82, 2.24) is 10.3 Å². The molecule has 1 aliphatic rings. The maximum atomic E-state index is 11.2. The van der Waals surface area contributed by atoms with Crippen LogP contribution in [0.25, 0.3) is 0 Å². The smallest absolute Gasteiger partial charge is 0.268 e. The second-order valence-corrected chi connectivity index (χ2v) is 3.76. The molecule has 1 saturated heterocycles. The first-order chi connectivity index (χ1) is 7.29. The highest BCUT2D eigenvalue weighted by molar-refractivity contribution is 5.93. The number of nitrogens with one attached hydrogen (secondary N) is 1. The van der Waals surface area contributed by atoms with E-state index in [0.717, 1.165) is 25.4 Å². The van der Waals surface area contributed by atoms with Crippen molar-refractivity contribution in [3.8, 4) is 0 Å². The summed E-state index contributed by atoms with van der Waals surface area (Å²) in [6, 6.07) is 1.74. The number of rotatable bonds is 3.